The number of nitrogens with one attached hydrogen (secondary N) is 2. The average molecular weight is 475 g/mol. The van der Waals surface area contributed by atoms with Crippen molar-refractivity contribution in [1.82, 2.24) is 20.4 Å². The molecule has 11 heteroatoms. The number of furan rings is 1. The van der Waals surface area contributed by atoms with E-state index in [0.29, 0.717) is 18.3 Å². The molecule has 0 bridgehead atoms. The first-order valence-electron chi connectivity index (χ1n) is 10.5. The van der Waals surface area contributed by atoms with E-state index in [-0.39, 0.29) is 23.2 Å². The van der Waals surface area contributed by atoms with Gasteiger partial charge in [0.25, 0.3) is 5.56 Å². The molecule has 0 saturated carbocycles. The number of hydrogen-bond acceptors (Lipinski definition) is 8. The number of carbonyl (C=O) groups excluding carboxylic acids is 2. The Morgan fingerprint density at radius 1 is 1.28 bits per heavy atom. The smallest absolute Gasteiger partial charge is 0.305 e. The average Bonchev–Trinajstić information content (AvgIpc) is 3.57. The van der Waals surface area contributed by atoms with Gasteiger partial charge < -0.3 is 9.15 Å². The minimum Gasteiger partial charge on any atom is -0.459 e. The van der Waals surface area contributed by atoms with Crippen molar-refractivity contribution >= 4 is 45.1 Å². The Morgan fingerprint density at radius 2 is 2.19 bits per heavy atom. The summed E-state index contributed by atoms with van der Waals surface area (Å²) in [7, 11) is 0. The van der Waals surface area contributed by atoms with Crippen molar-refractivity contribution in [3.05, 3.63) is 45.0 Å². The zero-order valence-corrected chi connectivity index (χ0v) is 18.9. The number of hydrazine groups is 1. The third kappa shape index (κ3) is 4.19. The molecule has 0 radical (unpaired) electrons. The van der Waals surface area contributed by atoms with Crippen LogP contribution in [0.15, 0.2) is 32.8 Å². The van der Waals surface area contributed by atoms with Crippen LogP contribution in [-0.2, 0) is 28.9 Å². The van der Waals surface area contributed by atoms with E-state index in [9.17, 15) is 14.4 Å². The van der Waals surface area contributed by atoms with Gasteiger partial charge >= 0.3 is 5.91 Å². The van der Waals surface area contributed by atoms with Crippen LogP contribution in [0.5, 0.6) is 0 Å². The van der Waals surface area contributed by atoms with Crippen LogP contribution in [0.3, 0.4) is 0 Å². The zero-order chi connectivity index (χ0) is 22.1. The van der Waals surface area contributed by atoms with Crippen molar-refractivity contribution in [1.29, 1.82) is 0 Å². The van der Waals surface area contributed by atoms with Gasteiger partial charge in [-0.3, -0.25) is 29.8 Å². The fraction of sp³-hybridized carbons (Fsp3) is 0.429. The van der Waals surface area contributed by atoms with Crippen molar-refractivity contribution in [3.63, 3.8) is 0 Å². The normalized spacial score (nSPS) is 17.6. The predicted molar refractivity (Wildman–Crippen MR) is 120 cm³/mol. The molecule has 1 aliphatic carbocycles. The lowest BCUT2D eigenvalue weighted by atomic mass is 10.2. The van der Waals surface area contributed by atoms with E-state index in [1.807, 2.05) is 0 Å². The molecule has 2 N–H and O–H groups in total. The lowest BCUT2D eigenvalue weighted by Gasteiger charge is -2.16. The molecule has 0 aromatic carbocycles. The number of amides is 2. The van der Waals surface area contributed by atoms with Gasteiger partial charge in [0.05, 0.1) is 30.1 Å². The largest absolute Gasteiger partial charge is 0.459 e. The van der Waals surface area contributed by atoms with E-state index in [2.05, 4.69) is 10.9 Å². The van der Waals surface area contributed by atoms with Gasteiger partial charge in [-0.2, -0.15) is 0 Å². The molecule has 1 fully saturated rings. The molecular weight excluding hydrogens is 452 g/mol. The van der Waals surface area contributed by atoms with Crippen LogP contribution in [0.4, 0.5) is 0 Å². The van der Waals surface area contributed by atoms with Gasteiger partial charge in [0.1, 0.15) is 4.83 Å². The van der Waals surface area contributed by atoms with Crippen LogP contribution in [0.2, 0.25) is 0 Å². The van der Waals surface area contributed by atoms with Gasteiger partial charge in [0, 0.05) is 11.5 Å². The number of rotatable bonds is 6. The van der Waals surface area contributed by atoms with E-state index in [1.54, 1.807) is 22.0 Å². The number of thiophene rings is 1. The molecule has 1 atom stereocenters. The Bertz CT molecular complexity index is 1210. The Balaban J connectivity index is 1.34. The van der Waals surface area contributed by atoms with E-state index >= 15 is 0 Å². The minimum atomic E-state index is -0.545. The first-order chi connectivity index (χ1) is 15.6. The number of carbonyl (C=O) groups is 2. The fourth-order valence-electron chi connectivity index (χ4n) is 4.08. The van der Waals surface area contributed by atoms with Crippen molar-refractivity contribution in [2.75, 3.05) is 12.4 Å². The first-order valence-corrected chi connectivity index (χ1v) is 12.3. The summed E-state index contributed by atoms with van der Waals surface area (Å²) in [6, 6.07) is 3.08. The molecule has 3 aromatic heterocycles. The van der Waals surface area contributed by atoms with Crippen LogP contribution in [-0.4, -0.2) is 39.8 Å². The minimum absolute atomic E-state index is 0.00695. The summed E-state index contributed by atoms with van der Waals surface area (Å²) in [5.74, 6) is -0.869. The first kappa shape index (κ1) is 21.2. The topological polar surface area (TPSA) is 115 Å². The molecule has 4 heterocycles. The van der Waals surface area contributed by atoms with Crippen LogP contribution in [0, 0.1) is 0 Å². The maximum Gasteiger partial charge on any atom is 0.305 e. The van der Waals surface area contributed by atoms with Gasteiger partial charge in [0.15, 0.2) is 10.9 Å². The van der Waals surface area contributed by atoms with Crippen LogP contribution >= 0.6 is 23.1 Å². The van der Waals surface area contributed by atoms with Gasteiger partial charge in [-0.05, 0) is 49.8 Å². The highest BCUT2D eigenvalue weighted by atomic mass is 32.2. The standard InChI is InChI=1S/C21H22N4O5S2/c26-16(23-24-18(27)14-6-3-9-30-14)11-31-21-22-19-17(13-5-1-7-15(13)32-19)20(28)25(21)10-12-4-2-8-29-12/h3,6,9,12H,1-2,4-5,7-8,10-11H2,(H,23,26)(H,24,27)/t12-/m1/s1. The molecule has 2 amide bonds. The Kier molecular flexibility index (Phi) is 6.03. The number of aryl methyl sites for hydroxylation is 2. The molecular formula is C21H22N4O5S2. The summed E-state index contributed by atoms with van der Waals surface area (Å²) < 4.78 is 12.4. The van der Waals surface area contributed by atoms with Crippen LogP contribution < -0.4 is 16.4 Å². The van der Waals surface area contributed by atoms with Gasteiger partial charge in [-0.1, -0.05) is 11.8 Å². The quantitative estimate of drug-likeness (QED) is 0.320. The maximum atomic E-state index is 13.4. The van der Waals surface area contributed by atoms with Gasteiger partial charge in [0.2, 0.25) is 5.91 Å². The summed E-state index contributed by atoms with van der Waals surface area (Å²) in [6.45, 7) is 1.12. The number of thioether (sulfide) groups is 1. The number of nitrogens with zero attached hydrogens (tertiary/aromatic N) is 2. The number of aromatic nitrogens is 2. The van der Waals surface area contributed by atoms with Crippen LogP contribution in [0.1, 0.15) is 40.3 Å². The fourth-order valence-corrected chi connectivity index (χ4v) is 6.19. The number of fused-ring (bicyclic) bond motifs is 3. The summed E-state index contributed by atoms with van der Waals surface area (Å²) in [4.78, 5) is 44.4. The SMILES string of the molecule is O=C(CSc1nc2sc3c(c2c(=O)n1C[C@H]1CCCO1)CCC3)NNC(=O)c1ccco1. The summed E-state index contributed by atoms with van der Waals surface area (Å²) in [5.41, 5.74) is 5.75. The highest BCUT2D eigenvalue weighted by molar-refractivity contribution is 7.99. The third-order valence-corrected chi connectivity index (χ3v) is 7.75. The van der Waals surface area contributed by atoms with Crippen molar-refractivity contribution in [2.45, 2.75) is 49.9 Å². The Labute approximate surface area is 191 Å². The summed E-state index contributed by atoms with van der Waals surface area (Å²) in [5, 5.41) is 1.21. The number of ether oxygens (including phenoxy) is 1. The highest BCUT2D eigenvalue weighted by Crippen LogP contribution is 2.35. The van der Waals surface area contributed by atoms with Gasteiger partial charge in [-0.25, -0.2) is 4.98 Å². The second-order valence-electron chi connectivity index (χ2n) is 7.75. The van der Waals surface area contributed by atoms with Crippen molar-refractivity contribution < 1.29 is 18.7 Å². The molecule has 1 aliphatic heterocycles. The maximum absolute atomic E-state index is 13.4. The lowest BCUT2D eigenvalue weighted by molar-refractivity contribution is -0.119. The van der Waals surface area contributed by atoms with E-state index in [0.717, 1.165) is 47.9 Å². The molecule has 2 aliphatic rings. The van der Waals surface area contributed by atoms with E-state index in [1.165, 1.54) is 29.0 Å². The molecule has 0 spiro atoms. The Hall–Kier alpha value is -2.63. The molecule has 9 nitrogen and oxygen atoms in total. The monoisotopic (exact) mass is 474 g/mol. The highest BCUT2D eigenvalue weighted by Gasteiger charge is 2.26. The third-order valence-electron chi connectivity index (χ3n) is 5.59. The van der Waals surface area contributed by atoms with Crippen molar-refractivity contribution in [3.8, 4) is 0 Å². The number of hydrogen-bond donors (Lipinski definition) is 2. The molecule has 0 unspecified atom stereocenters. The van der Waals surface area contributed by atoms with Crippen molar-refractivity contribution in [2.24, 2.45) is 0 Å². The van der Waals surface area contributed by atoms with E-state index < -0.39 is 11.8 Å². The summed E-state index contributed by atoms with van der Waals surface area (Å²) >= 11 is 2.75. The molecule has 168 valence electrons. The second kappa shape index (κ2) is 9.08. The van der Waals surface area contributed by atoms with E-state index in [4.69, 9.17) is 14.1 Å². The molecule has 5 rings (SSSR count). The lowest BCUT2D eigenvalue weighted by Crippen LogP contribution is -2.42. The molecule has 1 saturated heterocycles. The van der Waals surface area contributed by atoms with Gasteiger partial charge in [-0.15, -0.1) is 11.3 Å². The second-order valence-corrected chi connectivity index (χ2v) is 9.78. The zero-order valence-electron chi connectivity index (χ0n) is 17.2. The molecule has 32 heavy (non-hydrogen) atoms. The van der Waals surface area contributed by atoms with Crippen LogP contribution in [0.25, 0.3) is 10.2 Å². The predicted octanol–water partition coefficient (Wildman–Crippen LogP) is 2.27. The summed E-state index contributed by atoms with van der Waals surface area (Å²) in [6.07, 6.45) is 6.20. The Morgan fingerprint density at radius 3 is 2.97 bits per heavy atom. The molecule has 3 aromatic rings.